The molecule has 2 rings (SSSR count). The van der Waals surface area contributed by atoms with Crippen molar-refractivity contribution in [1.29, 1.82) is 0 Å². The number of amides is 3. The molecule has 1 aromatic rings. The number of piperazine rings is 1. The number of ether oxygens (including phenoxy) is 1. The second kappa shape index (κ2) is 7.37. The second-order valence-corrected chi connectivity index (χ2v) is 6.12. The lowest BCUT2D eigenvalue weighted by molar-refractivity contribution is -0.136. The van der Waals surface area contributed by atoms with Crippen LogP contribution in [0.4, 0.5) is 4.79 Å². The van der Waals surface area contributed by atoms with Crippen molar-refractivity contribution < 1.29 is 14.3 Å². The Balaban J connectivity index is 1.74. The van der Waals surface area contributed by atoms with Crippen LogP contribution >= 0.6 is 11.3 Å². The second-order valence-electron chi connectivity index (χ2n) is 4.81. The fraction of sp³-hybridized carbons (Fsp3) is 0.615. The van der Waals surface area contributed by atoms with Gasteiger partial charge in [-0.1, -0.05) is 0 Å². The standard InChI is InChI=1S/C13H20N4O3S/c1-10-14-7-11(21-10)8-15-13(19)17-5-3-16(4-6-17)12(18)9-20-2/h7H,3-6,8-9H2,1-2H3,(H,15,19). The number of carbonyl (C=O) groups is 2. The summed E-state index contributed by atoms with van der Waals surface area (Å²) in [4.78, 5) is 32.4. The SMILES string of the molecule is COCC(=O)N1CCN(C(=O)NCc2cnc(C)s2)CC1. The van der Waals surface area contributed by atoms with Crippen molar-refractivity contribution in [3.63, 3.8) is 0 Å². The van der Waals surface area contributed by atoms with Crippen molar-refractivity contribution in [3.8, 4) is 0 Å². The summed E-state index contributed by atoms with van der Waals surface area (Å²) in [6, 6.07) is -0.0973. The van der Waals surface area contributed by atoms with Crippen LogP contribution in [0.1, 0.15) is 9.88 Å². The highest BCUT2D eigenvalue weighted by Crippen LogP contribution is 2.11. The number of rotatable bonds is 4. The third-order valence-electron chi connectivity index (χ3n) is 3.27. The largest absolute Gasteiger partial charge is 0.375 e. The molecule has 0 radical (unpaired) electrons. The number of methoxy groups -OCH3 is 1. The Hall–Kier alpha value is -1.67. The van der Waals surface area contributed by atoms with Crippen LogP contribution in [0.15, 0.2) is 6.20 Å². The average Bonchev–Trinajstić information content (AvgIpc) is 2.91. The molecule has 8 heteroatoms. The molecule has 7 nitrogen and oxygen atoms in total. The fourth-order valence-electron chi connectivity index (χ4n) is 2.14. The van der Waals surface area contributed by atoms with Crippen molar-refractivity contribution in [2.24, 2.45) is 0 Å². The molecular formula is C13H20N4O3S. The third kappa shape index (κ3) is 4.40. The highest BCUT2D eigenvalue weighted by atomic mass is 32.1. The van der Waals surface area contributed by atoms with Gasteiger partial charge in [-0.05, 0) is 6.92 Å². The molecule has 0 atom stereocenters. The molecular weight excluding hydrogens is 292 g/mol. The van der Waals surface area contributed by atoms with Gasteiger partial charge in [-0.2, -0.15) is 0 Å². The fourth-order valence-corrected chi connectivity index (χ4v) is 2.87. The molecule has 21 heavy (non-hydrogen) atoms. The van der Waals surface area contributed by atoms with E-state index in [0.29, 0.717) is 32.7 Å². The highest BCUT2D eigenvalue weighted by Gasteiger charge is 2.23. The number of aryl methyl sites for hydroxylation is 1. The summed E-state index contributed by atoms with van der Waals surface area (Å²) < 4.78 is 4.83. The maximum absolute atomic E-state index is 12.1. The zero-order chi connectivity index (χ0) is 15.2. The molecule has 116 valence electrons. The summed E-state index contributed by atoms with van der Waals surface area (Å²) in [5, 5.41) is 3.87. The highest BCUT2D eigenvalue weighted by molar-refractivity contribution is 7.11. The van der Waals surface area contributed by atoms with Crippen molar-refractivity contribution in [1.82, 2.24) is 20.1 Å². The van der Waals surface area contributed by atoms with E-state index in [1.807, 2.05) is 6.92 Å². The topological polar surface area (TPSA) is 74.8 Å². The summed E-state index contributed by atoms with van der Waals surface area (Å²) >= 11 is 1.58. The van der Waals surface area contributed by atoms with Crippen molar-refractivity contribution in [2.75, 3.05) is 39.9 Å². The van der Waals surface area contributed by atoms with Gasteiger partial charge in [0.05, 0.1) is 11.6 Å². The molecule has 1 aromatic heterocycles. The third-order valence-corrected chi connectivity index (χ3v) is 4.18. The van der Waals surface area contributed by atoms with Crippen LogP contribution in [0.3, 0.4) is 0 Å². The van der Waals surface area contributed by atoms with Gasteiger partial charge in [0.1, 0.15) is 6.61 Å². The van der Waals surface area contributed by atoms with E-state index in [1.54, 1.807) is 27.3 Å². The summed E-state index contributed by atoms with van der Waals surface area (Å²) in [5.74, 6) is -0.0299. The quantitative estimate of drug-likeness (QED) is 0.876. The van der Waals surface area contributed by atoms with E-state index in [2.05, 4.69) is 10.3 Å². The molecule has 0 spiro atoms. The predicted molar refractivity (Wildman–Crippen MR) is 79.1 cm³/mol. The first kappa shape index (κ1) is 15.7. The molecule has 1 aliphatic heterocycles. The monoisotopic (exact) mass is 312 g/mol. The van der Waals surface area contributed by atoms with Gasteiger partial charge in [0.25, 0.3) is 0 Å². The zero-order valence-electron chi connectivity index (χ0n) is 12.3. The summed E-state index contributed by atoms with van der Waals surface area (Å²) in [7, 11) is 1.50. The number of aromatic nitrogens is 1. The molecule has 3 amide bonds. The molecule has 1 N–H and O–H groups in total. The Morgan fingerprint density at radius 1 is 1.33 bits per heavy atom. The van der Waals surface area contributed by atoms with Crippen LogP contribution in [-0.2, 0) is 16.1 Å². The average molecular weight is 312 g/mol. The van der Waals surface area contributed by atoms with Gasteiger partial charge in [-0.3, -0.25) is 4.79 Å². The van der Waals surface area contributed by atoms with E-state index in [4.69, 9.17) is 4.74 Å². The van der Waals surface area contributed by atoms with Gasteiger partial charge in [-0.25, -0.2) is 9.78 Å². The van der Waals surface area contributed by atoms with E-state index in [9.17, 15) is 9.59 Å². The lowest BCUT2D eigenvalue weighted by Crippen LogP contribution is -2.53. The lowest BCUT2D eigenvalue weighted by atomic mass is 10.3. The number of carbonyl (C=O) groups excluding carboxylic acids is 2. The number of nitrogens with zero attached hydrogens (tertiary/aromatic N) is 3. The molecule has 0 aromatic carbocycles. The van der Waals surface area contributed by atoms with E-state index in [0.717, 1.165) is 9.88 Å². The van der Waals surface area contributed by atoms with E-state index in [-0.39, 0.29) is 18.5 Å². The van der Waals surface area contributed by atoms with E-state index in [1.165, 1.54) is 7.11 Å². The Morgan fingerprint density at radius 2 is 2.00 bits per heavy atom. The summed E-state index contributed by atoms with van der Waals surface area (Å²) in [6.45, 7) is 4.72. The van der Waals surface area contributed by atoms with E-state index < -0.39 is 0 Å². The van der Waals surface area contributed by atoms with Crippen LogP contribution in [0.2, 0.25) is 0 Å². The number of hydrogen-bond acceptors (Lipinski definition) is 5. The summed E-state index contributed by atoms with van der Waals surface area (Å²) in [6.07, 6.45) is 1.78. The van der Waals surface area contributed by atoms with Gasteiger partial charge in [0.2, 0.25) is 5.91 Å². The number of thiazole rings is 1. The first-order valence-corrected chi connectivity index (χ1v) is 7.62. The Kier molecular flexibility index (Phi) is 5.51. The van der Waals surface area contributed by atoms with Gasteiger partial charge < -0.3 is 19.9 Å². The summed E-state index contributed by atoms with van der Waals surface area (Å²) in [5.41, 5.74) is 0. The Labute approximate surface area is 127 Å². The van der Waals surface area contributed by atoms with Gasteiger partial charge in [-0.15, -0.1) is 11.3 Å². The van der Waals surface area contributed by atoms with E-state index >= 15 is 0 Å². The smallest absolute Gasteiger partial charge is 0.317 e. The molecule has 0 saturated carbocycles. The molecule has 1 saturated heterocycles. The van der Waals surface area contributed by atoms with Gasteiger partial charge >= 0.3 is 6.03 Å². The maximum atomic E-state index is 12.1. The molecule has 1 fully saturated rings. The molecule has 1 aliphatic rings. The lowest BCUT2D eigenvalue weighted by Gasteiger charge is -2.34. The molecule has 2 heterocycles. The van der Waals surface area contributed by atoms with Crippen LogP contribution in [-0.4, -0.2) is 66.6 Å². The predicted octanol–water partition coefficient (Wildman–Crippen LogP) is 0.452. The van der Waals surface area contributed by atoms with Crippen molar-refractivity contribution >= 4 is 23.3 Å². The van der Waals surface area contributed by atoms with Gasteiger partial charge in [0.15, 0.2) is 0 Å². The molecule has 0 aliphatic carbocycles. The number of hydrogen-bond donors (Lipinski definition) is 1. The minimum atomic E-state index is -0.0973. The first-order chi connectivity index (χ1) is 10.1. The van der Waals surface area contributed by atoms with Crippen LogP contribution < -0.4 is 5.32 Å². The van der Waals surface area contributed by atoms with Gasteiger partial charge in [0, 0.05) is 44.4 Å². The first-order valence-electron chi connectivity index (χ1n) is 6.81. The number of urea groups is 1. The van der Waals surface area contributed by atoms with Crippen LogP contribution in [0.25, 0.3) is 0 Å². The zero-order valence-corrected chi connectivity index (χ0v) is 13.1. The molecule has 0 unspecified atom stereocenters. The van der Waals surface area contributed by atoms with Crippen LogP contribution in [0.5, 0.6) is 0 Å². The Morgan fingerprint density at radius 3 is 2.57 bits per heavy atom. The normalized spacial score (nSPS) is 15.1. The van der Waals surface area contributed by atoms with Crippen LogP contribution in [0, 0.1) is 6.92 Å². The Bertz CT molecular complexity index is 497. The minimum absolute atomic E-state index is 0.0299. The maximum Gasteiger partial charge on any atom is 0.317 e. The van der Waals surface area contributed by atoms with Crippen molar-refractivity contribution in [2.45, 2.75) is 13.5 Å². The minimum Gasteiger partial charge on any atom is -0.375 e. The van der Waals surface area contributed by atoms with Crippen molar-refractivity contribution in [3.05, 3.63) is 16.1 Å². The molecule has 0 bridgehead atoms. The number of nitrogens with one attached hydrogen (secondary N) is 1.